The van der Waals surface area contributed by atoms with Crippen LogP contribution in [-0.4, -0.2) is 258 Å². The van der Waals surface area contributed by atoms with Crippen LogP contribution in [0.15, 0.2) is 78.9 Å². The minimum atomic E-state index is -1.78. The smallest absolute Gasteiger partial charge is 0.340 e. The first kappa shape index (κ1) is 110. The van der Waals surface area contributed by atoms with Crippen molar-refractivity contribution in [1.29, 1.82) is 32.5 Å². The Kier molecular flexibility index (Phi) is 44.7. The van der Waals surface area contributed by atoms with E-state index in [1.54, 1.807) is 0 Å². The number of unbranched alkanes of at least 4 members (excludes halogenated alkanes) is 2. The summed E-state index contributed by atoms with van der Waals surface area (Å²) in [7, 11) is 0. The zero-order valence-corrected chi connectivity index (χ0v) is 75.5. The number of benzene rings is 4. The molecule has 0 radical (unpaired) electrons. The summed E-state index contributed by atoms with van der Waals surface area (Å²) in [4.78, 5) is 200. The SMILES string of the molecule is N=C(N)NCCC[C@H](NC(=O)[C@H](CCCNC(=N)N)NC(=O)[C@H](CCCNC(=N)N)NC(=O)[C@H](CCC(N)=O)NC(=O)[C@H](CCCNC(=N)N)NC(=O)[C@H](CCCNC(=N)N)NC(=O)[C@H](CCCCN)NC(=O)[C@H](CCCCN)NC(=O)[C@H](CCCNC(=N)N)NC(=O)CNC(=O)[C@H](Cc1ccc(O)cc1)NC(=O)c1ccc2c(c1)C(=O)OC21c2ccc(O)cc2Oc2cc(O)ccc21)C(=O)O. The molecule has 0 aromatic heterocycles. The fraction of sp³-hybridized carbons (Fsp3) is 0.482. The molecule has 10 atom stereocenters. The number of hydrogen-bond acceptors (Lipinski definition) is 27. The number of fused-ring (bicyclic) bond motifs is 6. The molecule has 4 aromatic rings. The molecule has 52 nitrogen and oxygen atoms in total. The summed E-state index contributed by atoms with van der Waals surface area (Å²) in [5.74, 6) is -17.3. The zero-order chi connectivity index (χ0) is 101. The number of carboxylic acids is 1. The van der Waals surface area contributed by atoms with E-state index in [9.17, 15) is 78.0 Å². The zero-order valence-electron chi connectivity index (χ0n) is 75.5. The van der Waals surface area contributed by atoms with Gasteiger partial charge in [0.2, 0.25) is 65.0 Å². The highest BCUT2D eigenvalue weighted by atomic mass is 16.6. The Bertz CT molecular complexity index is 4920. The number of phenolic OH excluding ortho intramolecular Hbond substituents is 3. The van der Waals surface area contributed by atoms with Gasteiger partial charge < -0.3 is 172 Å². The number of aromatic hydroxyl groups is 3. The number of nitrogens with two attached hydrogens (primary N) is 9. The quantitative estimate of drug-likeness (QED) is 0.00846. The lowest BCUT2D eigenvalue weighted by Crippen LogP contribution is -2.60. The molecule has 2 aliphatic heterocycles. The van der Waals surface area contributed by atoms with Gasteiger partial charge in [0.05, 0.1) is 12.1 Å². The van der Waals surface area contributed by atoms with Gasteiger partial charge in [-0.05, 0) is 189 Å². The topological polar surface area (TPSA) is 920 Å². The lowest BCUT2D eigenvalue weighted by molar-refractivity contribution is -0.142. The van der Waals surface area contributed by atoms with Crippen LogP contribution in [0, 0.1) is 32.5 Å². The van der Waals surface area contributed by atoms with Gasteiger partial charge in [-0.3, -0.25) is 90.0 Å². The maximum Gasteiger partial charge on any atom is 0.340 e. The van der Waals surface area contributed by atoms with Gasteiger partial charge in [-0.25, -0.2) is 9.59 Å². The summed E-state index contributed by atoms with van der Waals surface area (Å²) in [6.45, 7) is -0.785. The highest BCUT2D eigenvalue weighted by Gasteiger charge is 2.54. The molecule has 6 rings (SSSR count). The van der Waals surface area contributed by atoms with Crippen LogP contribution >= 0.6 is 0 Å². The van der Waals surface area contributed by atoms with Crippen LogP contribution < -0.4 is 147 Å². The van der Waals surface area contributed by atoms with E-state index in [1.807, 2.05) is 0 Å². The number of ether oxygens (including phenoxy) is 2. The highest BCUT2D eigenvalue weighted by Crippen LogP contribution is 2.57. The molecule has 0 saturated heterocycles. The van der Waals surface area contributed by atoms with E-state index in [-0.39, 0.29) is 219 Å². The summed E-state index contributed by atoms with van der Waals surface area (Å²) in [5.41, 5.74) is 49.9. The third-order valence-corrected chi connectivity index (χ3v) is 21.6. The molecule has 2 heterocycles. The number of rotatable bonds is 60. The monoisotopic (exact) mass is 1920 g/mol. The fourth-order valence-electron chi connectivity index (χ4n) is 14.7. The lowest BCUT2D eigenvalue weighted by Gasteiger charge is -2.36. The van der Waals surface area contributed by atoms with E-state index in [1.165, 1.54) is 78.9 Å². The van der Waals surface area contributed by atoms with Crippen molar-refractivity contribution in [2.45, 2.75) is 201 Å². The fourth-order valence-corrected chi connectivity index (χ4v) is 14.7. The summed E-state index contributed by atoms with van der Waals surface area (Å²) in [6, 6.07) is 2.20. The van der Waals surface area contributed by atoms with Crippen molar-refractivity contribution >= 4 is 119 Å². The number of amides is 12. The Morgan fingerprint density at radius 2 is 0.657 bits per heavy atom. The molecule has 1 spiro atoms. The van der Waals surface area contributed by atoms with E-state index in [0.29, 0.717) is 23.1 Å². The third kappa shape index (κ3) is 36.6. The Balaban J connectivity index is 1.25. The van der Waals surface area contributed by atoms with Gasteiger partial charge in [0.25, 0.3) is 5.91 Å². The molecular formula is C85H128N32O20. The number of nitrogens with one attached hydrogen (secondary N) is 23. The molecule has 2 aliphatic rings. The van der Waals surface area contributed by atoms with Gasteiger partial charge in [-0.1, -0.05) is 18.2 Å². The van der Waals surface area contributed by atoms with Crippen molar-refractivity contribution in [3.05, 3.63) is 112 Å². The summed E-state index contributed by atoms with van der Waals surface area (Å²) in [6.07, 6.45) is -2.11. The van der Waals surface area contributed by atoms with Gasteiger partial charge in [0.1, 0.15) is 89.2 Å². The van der Waals surface area contributed by atoms with Crippen LogP contribution in [0.5, 0.6) is 28.7 Å². The molecule has 0 bridgehead atoms. The van der Waals surface area contributed by atoms with Crippen molar-refractivity contribution < 1.29 is 97.0 Å². The second-order valence-corrected chi connectivity index (χ2v) is 32.3. The molecule has 4 aromatic carbocycles. The molecule has 0 unspecified atom stereocenters. The molecule has 12 amide bonds. The van der Waals surface area contributed by atoms with E-state index < -0.39 is 198 Å². The van der Waals surface area contributed by atoms with Crippen LogP contribution in [0.3, 0.4) is 0 Å². The van der Waals surface area contributed by atoms with Crippen molar-refractivity contribution in [2.24, 2.45) is 51.6 Å². The van der Waals surface area contributed by atoms with Crippen molar-refractivity contribution in [3.63, 3.8) is 0 Å². The number of phenols is 3. The minimum Gasteiger partial charge on any atom is -0.508 e. The average molecular weight is 1920 g/mol. The predicted octanol–water partition coefficient (Wildman–Crippen LogP) is -6.62. The Morgan fingerprint density at radius 1 is 0.343 bits per heavy atom. The first-order valence-corrected chi connectivity index (χ1v) is 44.3. The van der Waals surface area contributed by atoms with Gasteiger partial charge in [0.15, 0.2) is 41.4 Å². The maximum atomic E-state index is 15.0. The largest absolute Gasteiger partial charge is 0.508 e. The third-order valence-electron chi connectivity index (χ3n) is 21.6. The number of carbonyl (C=O) groups excluding carboxylic acids is 13. The van der Waals surface area contributed by atoms with E-state index in [0.717, 1.165) is 0 Å². The number of esters is 1. The van der Waals surface area contributed by atoms with E-state index in [4.69, 9.17) is 93.5 Å². The van der Waals surface area contributed by atoms with Crippen molar-refractivity contribution in [3.8, 4) is 28.7 Å². The van der Waals surface area contributed by atoms with E-state index in [2.05, 4.69) is 90.4 Å². The van der Waals surface area contributed by atoms with Gasteiger partial charge >= 0.3 is 11.9 Å². The standard InChI is InChI=1S/C85H128N32O20/c86-31-3-1-11-54(109-69(125)53(13-5-33-101-79(89)90)108-66(122)43-107-68(124)62(39-44-19-22-46(118)23-20-44)117-67(123)45-21-26-50-49(40-45)78(135)137-85(50)51-27-24-47(119)41-63(51)136-64-42-48(120)25-28-52(64)85)70(126)110-55(12-2-4-32-87)71(127)111-56(14-6-34-102-80(91)92)72(128)112-58(16-8-36-104-82(95)96)74(130)115-60(29-30-65(88)121)76(132)114-57(15-7-35-103-81(93)94)73(129)113-59(17-9-37-105-83(97)98)75(131)116-61(77(133)134)18-10-38-106-84(99)100/h19-28,40-42,53-62,118-120H,1-18,29-39,43,86-87H2,(H2,88,121)(H,107,124)(H,108,122)(H,109,125)(H,110,126)(H,111,127)(H,112,128)(H,113,129)(H,114,132)(H,115,130)(H,116,131)(H,117,123)(H,133,134)(H4,89,90,101)(H4,91,92,102)(H4,93,94,103)(H4,95,96,104)(H4,97,98,105)(H4,99,100,106)/t53-,54-,55-,56-,57-,58-,59-,60-,61-,62-/m0/s1. The van der Waals surface area contributed by atoms with Gasteiger partial charge in [-0.2, -0.15) is 0 Å². The number of carbonyl (C=O) groups is 14. The normalized spacial score (nSPS) is 14.0. The van der Waals surface area contributed by atoms with E-state index >= 15 is 9.59 Å². The molecular weight excluding hydrogens is 1790 g/mol. The molecule has 52 heteroatoms. The van der Waals surface area contributed by atoms with Crippen LogP contribution in [0.4, 0.5) is 0 Å². The maximum absolute atomic E-state index is 15.0. The summed E-state index contributed by atoms with van der Waals surface area (Å²) >= 11 is 0. The Labute approximate surface area is 787 Å². The van der Waals surface area contributed by atoms with Crippen molar-refractivity contribution in [2.75, 3.05) is 58.9 Å². The number of aliphatic carboxylic acids is 1. The lowest BCUT2D eigenvalue weighted by atomic mass is 9.77. The predicted molar refractivity (Wildman–Crippen MR) is 498 cm³/mol. The van der Waals surface area contributed by atoms with Crippen LogP contribution in [-0.2, 0) is 74.3 Å². The minimum absolute atomic E-state index is 0.00341. The molecule has 748 valence electrons. The van der Waals surface area contributed by atoms with Gasteiger partial charge in [-0.15, -0.1) is 0 Å². The summed E-state index contributed by atoms with van der Waals surface area (Å²) < 4.78 is 12.2. The second kappa shape index (κ2) is 55.6. The Hall–Kier alpha value is -15.8. The van der Waals surface area contributed by atoms with Crippen molar-refractivity contribution in [1.82, 2.24) is 90.4 Å². The highest BCUT2D eigenvalue weighted by molar-refractivity contribution is 6.04. The van der Waals surface area contributed by atoms with Gasteiger partial charge in [0, 0.05) is 86.5 Å². The first-order valence-electron chi connectivity index (χ1n) is 44.3. The average Bonchev–Trinajstić information content (AvgIpc) is 1.59. The number of primary amides is 1. The number of hydrogen-bond donors (Lipinski definition) is 36. The number of carboxylic acid groups (broad SMARTS) is 1. The molecule has 0 saturated carbocycles. The molecule has 0 fully saturated rings. The van der Waals surface area contributed by atoms with Crippen LogP contribution in [0.1, 0.15) is 171 Å². The summed E-state index contributed by atoms with van der Waals surface area (Å²) in [5, 5.41) is 131. The Morgan fingerprint density at radius 3 is 0.993 bits per heavy atom. The number of guanidine groups is 6. The molecule has 137 heavy (non-hydrogen) atoms. The molecule has 45 N–H and O–H groups in total. The first-order chi connectivity index (χ1) is 65.1. The van der Waals surface area contributed by atoms with Crippen LogP contribution in [0.2, 0.25) is 0 Å². The van der Waals surface area contributed by atoms with Crippen LogP contribution in [0.25, 0.3) is 0 Å². The second-order valence-electron chi connectivity index (χ2n) is 32.3. The molecule has 0 aliphatic carbocycles.